The van der Waals surface area contributed by atoms with Gasteiger partial charge in [-0.2, -0.15) is 0 Å². The molecule has 2 heterocycles. The summed E-state index contributed by atoms with van der Waals surface area (Å²) in [5.41, 5.74) is 2.56. The first kappa shape index (κ1) is 17.4. The first-order chi connectivity index (χ1) is 13.1. The summed E-state index contributed by atoms with van der Waals surface area (Å²) in [6.07, 6.45) is 0. The molecule has 6 nitrogen and oxygen atoms in total. The van der Waals surface area contributed by atoms with Crippen LogP contribution in [0.25, 0.3) is 5.76 Å². The van der Waals surface area contributed by atoms with Gasteiger partial charge in [-0.3, -0.25) is 14.5 Å². The van der Waals surface area contributed by atoms with Crippen LogP contribution in [0.4, 0.5) is 5.13 Å². The highest BCUT2D eigenvalue weighted by Crippen LogP contribution is 2.42. The highest BCUT2D eigenvalue weighted by molar-refractivity contribution is 7.13. The summed E-state index contributed by atoms with van der Waals surface area (Å²) in [6.45, 7) is 0. The van der Waals surface area contributed by atoms with Crippen LogP contribution in [0.5, 0.6) is 0 Å². The van der Waals surface area contributed by atoms with Crippen LogP contribution < -0.4 is 4.90 Å². The molecule has 3 aromatic rings. The molecule has 2 aromatic carbocycles. The van der Waals surface area contributed by atoms with Crippen LogP contribution in [0.1, 0.15) is 17.2 Å². The van der Waals surface area contributed by atoms with E-state index in [2.05, 4.69) is 10.2 Å². The Morgan fingerprint density at radius 1 is 1.07 bits per heavy atom. The smallest absolute Gasteiger partial charge is 0.301 e. The lowest BCUT2D eigenvalue weighted by Gasteiger charge is -2.22. The number of aromatic nitrogens is 2. The Balaban J connectivity index is 1.94. The average molecular weight is 398 g/mol. The molecule has 1 atom stereocenters. The third kappa shape index (κ3) is 3.01. The summed E-state index contributed by atoms with van der Waals surface area (Å²) in [5.74, 6) is -1.77. The van der Waals surface area contributed by atoms with Gasteiger partial charge in [-0.15, -0.1) is 10.2 Å². The van der Waals surface area contributed by atoms with Crippen LogP contribution in [-0.4, -0.2) is 27.0 Å². The normalized spacial score (nSPS) is 18.9. The van der Waals surface area contributed by atoms with E-state index in [1.54, 1.807) is 54.6 Å². The molecule has 1 aliphatic rings. The van der Waals surface area contributed by atoms with Crippen molar-refractivity contribution < 1.29 is 14.7 Å². The van der Waals surface area contributed by atoms with Crippen molar-refractivity contribution in [3.63, 3.8) is 0 Å². The molecule has 1 saturated heterocycles. The first-order valence-corrected chi connectivity index (χ1v) is 9.21. The van der Waals surface area contributed by atoms with E-state index >= 15 is 0 Å². The van der Waals surface area contributed by atoms with E-state index < -0.39 is 17.7 Å². The first-order valence-electron chi connectivity index (χ1n) is 7.96. The van der Waals surface area contributed by atoms with Crippen LogP contribution >= 0.6 is 22.9 Å². The zero-order valence-electron chi connectivity index (χ0n) is 13.7. The zero-order valence-corrected chi connectivity index (χ0v) is 15.3. The lowest BCUT2D eigenvalue weighted by atomic mass is 9.95. The molecule has 1 aromatic heterocycles. The standard InChI is InChI=1S/C19H12ClN3O3S/c20-13-8-6-11(7-9-13)15-14(16(24)12-4-2-1-3-5-12)17(25)18(26)23(15)19-22-21-10-27-19/h1-10,15,24H/b16-14+. The average Bonchev–Trinajstić information content (AvgIpc) is 3.30. The summed E-state index contributed by atoms with van der Waals surface area (Å²) in [4.78, 5) is 26.8. The minimum atomic E-state index is -0.824. The maximum atomic E-state index is 12.8. The van der Waals surface area contributed by atoms with Crippen LogP contribution in [0.2, 0.25) is 5.02 Å². The lowest BCUT2D eigenvalue weighted by Crippen LogP contribution is -2.29. The van der Waals surface area contributed by atoms with Crippen LogP contribution in [-0.2, 0) is 9.59 Å². The fourth-order valence-electron chi connectivity index (χ4n) is 3.01. The Kier molecular flexibility index (Phi) is 4.47. The molecule has 0 aliphatic carbocycles. The van der Waals surface area contributed by atoms with Crippen molar-refractivity contribution in [2.45, 2.75) is 6.04 Å². The van der Waals surface area contributed by atoms with Gasteiger partial charge in [0.2, 0.25) is 5.13 Å². The number of halogens is 1. The highest BCUT2D eigenvalue weighted by atomic mass is 35.5. The Bertz CT molecular complexity index is 1030. The number of anilines is 1. The lowest BCUT2D eigenvalue weighted by molar-refractivity contribution is -0.132. The van der Waals surface area contributed by atoms with Crippen LogP contribution in [0.15, 0.2) is 65.7 Å². The van der Waals surface area contributed by atoms with E-state index in [1.165, 1.54) is 10.4 Å². The highest BCUT2D eigenvalue weighted by Gasteiger charge is 2.48. The minimum Gasteiger partial charge on any atom is -0.507 e. The predicted octanol–water partition coefficient (Wildman–Crippen LogP) is 3.82. The van der Waals surface area contributed by atoms with Gasteiger partial charge in [0.1, 0.15) is 11.3 Å². The quantitative estimate of drug-likeness (QED) is 0.412. The number of benzene rings is 2. The maximum absolute atomic E-state index is 12.8. The van der Waals surface area contributed by atoms with Crippen molar-refractivity contribution in [2.75, 3.05) is 4.90 Å². The van der Waals surface area contributed by atoms with Crippen molar-refractivity contribution in [3.8, 4) is 0 Å². The molecule has 0 bridgehead atoms. The molecule has 8 heteroatoms. The molecule has 4 rings (SSSR count). The van der Waals surface area contributed by atoms with E-state index in [4.69, 9.17) is 11.6 Å². The number of hydrogen-bond donors (Lipinski definition) is 1. The third-order valence-electron chi connectivity index (χ3n) is 4.23. The SMILES string of the molecule is O=C1C(=O)N(c2nncs2)C(c2ccc(Cl)cc2)/C1=C(\O)c1ccccc1. The molecule has 0 spiro atoms. The van der Waals surface area contributed by atoms with E-state index in [-0.39, 0.29) is 16.5 Å². The molecule has 1 amide bonds. The topological polar surface area (TPSA) is 83.4 Å². The van der Waals surface area contributed by atoms with E-state index in [1.807, 2.05) is 0 Å². The number of aliphatic hydroxyl groups is 1. The Labute approximate surface area is 163 Å². The molecular weight excluding hydrogens is 386 g/mol. The molecule has 1 aliphatic heterocycles. The summed E-state index contributed by atoms with van der Waals surface area (Å²) in [6, 6.07) is 14.6. The van der Waals surface area contributed by atoms with E-state index in [9.17, 15) is 14.7 Å². The summed E-state index contributed by atoms with van der Waals surface area (Å²) in [5, 5.41) is 19.3. The second-order valence-corrected chi connectivity index (χ2v) is 7.06. The predicted molar refractivity (Wildman–Crippen MR) is 103 cm³/mol. The van der Waals surface area contributed by atoms with Gasteiger partial charge in [0.15, 0.2) is 0 Å². The number of amides is 1. The Morgan fingerprint density at radius 3 is 2.41 bits per heavy atom. The van der Waals surface area contributed by atoms with Crippen molar-refractivity contribution >= 4 is 45.5 Å². The Morgan fingerprint density at radius 2 is 1.78 bits per heavy atom. The number of nitrogens with zero attached hydrogens (tertiary/aromatic N) is 3. The second-order valence-electron chi connectivity index (χ2n) is 5.81. The molecule has 0 saturated carbocycles. The van der Waals surface area contributed by atoms with Crippen molar-refractivity contribution in [2.24, 2.45) is 0 Å². The number of carbonyl (C=O) groups excluding carboxylic acids is 2. The number of rotatable bonds is 3. The van der Waals surface area contributed by atoms with E-state index in [0.29, 0.717) is 16.1 Å². The molecular formula is C19H12ClN3O3S. The second kappa shape index (κ2) is 6.94. The largest absolute Gasteiger partial charge is 0.507 e. The maximum Gasteiger partial charge on any atom is 0.301 e. The summed E-state index contributed by atoms with van der Waals surface area (Å²) < 4.78 is 0. The number of carbonyl (C=O) groups is 2. The summed E-state index contributed by atoms with van der Waals surface area (Å²) in [7, 11) is 0. The van der Waals surface area contributed by atoms with Crippen molar-refractivity contribution in [1.82, 2.24) is 10.2 Å². The fraction of sp³-hybridized carbons (Fsp3) is 0.0526. The molecule has 0 radical (unpaired) electrons. The van der Waals surface area contributed by atoms with Gasteiger partial charge in [0.25, 0.3) is 5.78 Å². The van der Waals surface area contributed by atoms with Gasteiger partial charge in [-0.25, -0.2) is 0 Å². The van der Waals surface area contributed by atoms with Crippen LogP contribution in [0, 0.1) is 0 Å². The van der Waals surface area contributed by atoms with Gasteiger partial charge < -0.3 is 5.11 Å². The Hall–Kier alpha value is -3.03. The minimum absolute atomic E-state index is 0.00345. The number of aliphatic hydroxyl groups excluding tert-OH is 1. The zero-order chi connectivity index (χ0) is 19.0. The fourth-order valence-corrected chi connectivity index (χ4v) is 3.72. The van der Waals surface area contributed by atoms with Gasteiger partial charge in [-0.05, 0) is 17.7 Å². The summed E-state index contributed by atoms with van der Waals surface area (Å²) >= 11 is 7.11. The third-order valence-corrected chi connectivity index (χ3v) is 5.17. The van der Waals surface area contributed by atoms with Crippen molar-refractivity contribution in [3.05, 3.63) is 81.8 Å². The number of ketones is 1. The van der Waals surface area contributed by atoms with Gasteiger partial charge in [0.05, 0.1) is 11.6 Å². The van der Waals surface area contributed by atoms with E-state index in [0.717, 1.165) is 11.3 Å². The molecule has 27 heavy (non-hydrogen) atoms. The van der Waals surface area contributed by atoms with Gasteiger partial charge >= 0.3 is 5.91 Å². The van der Waals surface area contributed by atoms with Crippen LogP contribution in [0.3, 0.4) is 0 Å². The van der Waals surface area contributed by atoms with Gasteiger partial charge in [0, 0.05) is 10.6 Å². The molecule has 1 N–H and O–H groups in total. The number of hydrogen-bond acceptors (Lipinski definition) is 6. The molecule has 134 valence electrons. The molecule has 1 fully saturated rings. The number of Topliss-reactive ketones (excluding diaryl/α,β-unsaturated/α-hetero) is 1. The van der Waals surface area contributed by atoms with Gasteiger partial charge in [-0.1, -0.05) is 65.4 Å². The van der Waals surface area contributed by atoms with Crippen molar-refractivity contribution in [1.29, 1.82) is 0 Å². The molecule has 1 unspecified atom stereocenters. The monoisotopic (exact) mass is 397 g/mol.